The van der Waals surface area contributed by atoms with E-state index in [2.05, 4.69) is 33.9 Å². The van der Waals surface area contributed by atoms with Gasteiger partial charge in [-0.25, -0.2) is 14.2 Å². The van der Waals surface area contributed by atoms with Gasteiger partial charge in [-0.2, -0.15) is 0 Å². The Morgan fingerprint density at radius 3 is 2.86 bits per heavy atom. The van der Waals surface area contributed by atoms with Gasteiger partial charge in [0.25, 0.3) is 0 Å². The van der Waals surface area contributed by atoms with Crippen molar-refractivity contribution in [2.75, 3.05) is 5.32 Å². The van der Waals surface area contributed by atoms with E-state index in [4.69, 9.17) is 4.98 Å². The molecule has 0 saturated carbocycles. The normalized spacial score (nSPS) is 13.6. The zero-order valence-electron chi connectivity index (χ0n) is 14.6. The second-order valence-corrected chi connectivity index (χ2v) is 9.45. The fraction of sp³-hybridized carbons (Fsp3) is 0.100. The summed E-state index contributed by atoms with van der Waals surface area (Å²) in [6, 6.07) is 13.2. The molecule has 28 heavy (non-hydrogen) atoms. The van der Waals surface area contributed by atoms with Crippen molar-refractivity contribution in [1.29, 1.82) is 0 Å². The summed E-state index contributed by atoms with van der Waals surface area (Å²) in [5.41, 5.74) is 3.99. The molecule has 0 aliphatic heterocycles. The number of benzene rings is 1. The maximum Gasteiger partial charge on any atom is 0.227 e. The lowest BCUT2D eigenvalue weighted by Gasteiger charge is -2.16. The van der Waals surface area contributed by atoms with Gasteiger partial charge in [0.05, 0.1) is 10.6 Å². The molecule has 0 amide bonds. The van der Waals surface area contributed by atoms with Crippen LogP contribution in [0.15, 0.2) is 58.9 Å². The Morgan fingerprint density at radius 1 is 1.11 bits per heavy atom. The van der Waals surface area contributed by atoms with Gasteiger partial charge in [-0.15, -0.1) is 22.7 Å². The van der Waals surface area contributed by atoms with Gasteiger partial charge in [-0.1, -0.05) is 12.1 Å². The molecule has 1 aliphatic rings. The van der Waals surface area contributed by atoms with Gasteiger partial charge in [-0.05, 0) is 54.1 Å². The van der Waals surface area contributed by atoms with E-state index in [1.807, 2.05) is 23.6 Å². The highest BCUT2D eigenvalue weighted by Gasteiger charge is 2.22. The first kappa shape index (κ1) is 17.7. The van der Waals surface area contributed by atoms with E-state index in [9.17, 15) is 8.76 Å². The Kier molecular flexibility index (Phi) is 4.56. The lowest BCUT2D eigenvalue weighted by Crippen LogP contribution is -2.07. The van der Waals surface area contributed by atoms with Crippen molar-refractivity contribution >= 4 is 45.4 Å². The van der Waals surface area contributed by atoms with Crippen LogP contribution < -0.4 is 5.32 Å². The zero-order chi connectivity index (χ0) is 19.1. The molecule has 140 valence electrons. The molecule has 1 atom stereocenters. The molecule has 1 aliphatic carbocycles. The number of fused-ring (bicyclic) bond motifs is 3. The van der Waals surface area contributed by atoms with Crippen LogP contribution in [-0.2, 0) is 23.9 Å². The molecule has 0 fully saturated rings. The molecule has 4 aromatic rings. The highest BCUT2D eigenvalue weighted by Crippen LogP contribution is 2.42. The van der Waals surface area contributed by atoms with Crippen LogP contribution in [0.4, 0.5) is 11.6 Å². The van der Waals surface area contributed by atoms with Crippen LogP contribution in [0.5, 0.6) is 0 Å². The minimum Gasteiger partial charge on any atom is -0.324 e. The summed E-state index contributed by atoms with van der Waals surface area (Å²) in [5, 5.41) is 5.25. The number of nitrogens with zero attached hydrogens (tertiary/aromatic N) is 2. The maximum absolute atomic E-state index is 11.3. The molecule has 5 nitrogen and oxygen atoms in total. The fourth-order valence-corrected chi connectivity index (χ4v) is 5.71. The molecule has 0 spiro atoms. The van der Waals surface area contributed by atoms with Gasteiger partial charge in [0, 0.05) is 32.1 Å². The smallest absolute Gasteiger partial charge is 0.227 e. The predicted molar refractivity (Wildman–Crippen MR) is 115 cm³/mol. The number of nitrogens with one attached hydrogen (secondary N) is 1. The molecule has 1 unspecified atom stereocenters. The Morgan fingerprint density at radius 2 is 2.04 bits per heavy atom. The maximum atomic E-state index is 11.3. The third-order valence-corrected chi connectivity index (χ3v) is 7.52. The second kappa shape index (κ2) is 7.21. The van der Waals surface area contributed by atoms with E-state index in [-0.39, 0.29) is 0 Å². The third-order valence-electron chi connectivity index (χ3n) is 4.61. The van der Waals surface area contributed by atoms with E-state index in [0.717, 1.165) is 24.1 Å². The molecule has 0 saturated heterocycles. The zero-order valence-corrected chi connectivity index (χ0v) is 17.0. The van der Waals surface area contributed by atoms with Crippen LogP contribution >= 0.6 is 22.7 Å². The van der Waals surface area contributed by atoms with Crippen molar-refractivity contribution in [3.05, 3.63) is 64.5 Å². The number of anilines is 2. The summed E-state index contributed by atoms with van der Waals surface area (Å²) in [6.45, 7) is 0. The summed E-state index contributed by atoms with van der Waals surface area (Å²) >= 11 is 1.57. The minimum atomic E-state index is -2.02. The van der Waals surface area contributed by atoms with Crippen LogP contribution in [0.1, 0.15) is 10.4 Å². The van der Waals surface area contributed by atoms with Crippen LogP contribution in [-0.4, -0.2) is 18.7 Å². The SMILES string of the molecule is O=S(O)c1cccc(Nc2ncc3c(n2)-c2cc(-c4cccs4)sc2CC3)c1. The number of hydrogen-bond donors (Lipinski definition) is 2. The molecule has 8 heteroatoms. The Bertz CT molecular complexity index is 1190. The molecular formula is C20H15N3O2S3. The number of aryl methyl sites for hydroxylation is 2. The minimum absolute atomic E-state index is 0.337. The first-order valence-corrected chi connectivity index (χ1v) is 11.5. The van der Waals surface area contributed by atoms with Crippen LogP contribution in [0.3, 0.4) is 0 Å². The average Bonchev–Trinajstić information content (AvgIpc) is 3.37. The standard InChI is InChI=1S/C20H15N3O2S3/c24-28(25)14-4-1-3-13(9-14)22-20-21-11-12-6-7-16-15(19(12)23-20)10-18(27-16)17-5-2-8-26-17/h1-5,8-11H,6-7H2,(H,24,25)(H,21,22,23). The number of aromatic nitrogens is 2. The summed E-state index contributed by atoms with van der Waals surface area (Å²) in [6.07, 6.45) is 3.83. The third kappa shape index (κ3) is 3.29. The Balaban J connectivity index is 1.50. The number of rotatable bonds is 4. The molecule has 0 bridgehead atoms. The van der Waals surface area contributed by atoms with Crippen molar-refractivity contribution in [3.8, 4) is 21.0 Å². The lowest BCUT2D eigenvalue weighted by molar-refractivity contribution is 0.564. The first-order chi connectivity index (χ1) is 13.7. The van der Waals surface area contributed by atoms with Crippen LogP contribution in [0.2, 0.25) is 0 Å². The van der Waals surface area contributed by atoms with Gasteiger partial charge in [-0.3, -0.25) is 0 Å². The fourth-order valence-electron chi connectivity index (χ4n) is 3.30. The Hall–Kier alpha value is -2.39. The monoisotopic (exact) mass is 425 g/mol. The van der Waals surface area contributed by atoms with Crippen LogP contribution in [0.25, 0.3) is 21.0 Å². The van der Waals surface area contributed by atoms with E-state index >= 15 is 0 Å². The topological polar surface area (TPSA) is 75.1 Å². The largest absolute Gasteiger partial charge is 0.324 e. The van der Waals surface area contributed by atoms with E-state index in [1.165, 1.54) is 20.2 Å². The molecule has 5 rings (SSSR count). The molecule has 0 radical (unpaired) electrons. The molecule has 2 N–H and O–H groups in total. The highest BCUT2D eigenvalue weighted by atomic mass is 32.2. The van der Waals surface area contributed by atoms with Crippen molar-refractivity contribution in [1.82, 2.24) is 9.97 Å². The summed E-state index contributed by atoms with van der Waals surface area (Å²) in [5.74, 6) is 0.483. The van der Waals surface area contributed by atoms with E-state index < -0.39 is 11.1 Å². The molecule has 3 aromatic heterocycles. The van der Waals surface area contributed by atoms with Crippen LogP contribution in [0, 0.1) is 0 Å². The van der Waals surface area contributed by atoms with Crippen molar-refractivity contribution in [2.24, 2.45) is 0 Å². The van der Waals surface area contributed by atoms with Gasteiger partial charge >= 0.3 is 0 Å². The van der Waals surface area contributed by atoms with E-state index in [1.54, 1.807) is 29.5 Å². The summed E-state index contributed by atoms with van der Waals surface area (Å²) in [4.78, 5) is 13.5. The van der Waals surface area contributed by atoms with Crippen molar-refractivity contribution in [2.45, 2.75) is 17.7 Å². The van der Waals surface area contributed by atoms with Gasteiger partial charge in [0.15, 0.2) is 11.1 Å². The van der Waals surface area contributed by atoms with Gasteiger partial charge in [0.2, 0.25) is 5.95 Å². The second-order valence-electron chi connectivity index (χ2n) is 6.39. The number of thiophene rings is 2. The Labute approximate surface area is 172 Å². The first-order valence-electron chi connectivity index (χ1n) is 8.68. The van der Waals surface area contributed by atoms with Gasteiger partial charge < -0.3 is 9.87 Å². The van der Waals surface area contributed by atoms with E-state index in [0.29, 0.717) is 16.5 Å². The quantitative estimate of drug-likeness (QED) is 0.431. The molecule has 1 aromatic carbocycles. The number of hydrogen-bond acceptors (Lipinski definition) is 6. The summed E-state index contributed by atoms with van der Waals surface area (Å²) < 4.78 is 20.6. The predicted octanol–water partition coefficient (Wildman–Crippen LogP) is 5.36. The summed E-state index contributed by atoms with van der Waals surface area (Å²) in [7, 11) is 0. The molecular weight excluding hydrogens is 410 g/mol. The van der Waals surface area contributed by atoms with Crippen molar-refractivity contribution in [3.63, 3.8) is 0 Å². The molecule has 3 heterocycles. The van der Waals surface area contributed by atoms with Gasteiger partial charge in [0.1, 0.15) is 0 Å². The highest BCUT2D eigenvalue weighted by molar-refractivity contribution is 7.79. The lowest BCUT2D eigenvalue weighted by atomic mass is 9.96. The van der Waals surface area contributed by atoms with Crippen molar-refractivity contribution < 1.29 is 8.76 Å². The average molecular weight is 426 g/mol.